The van der Waals surface area contributed by atoms with E-state index in [0.717, 1.165) is 13.1 Å². The molecule has 0 amide bonds. The van der Waals surface area contributed by atoms with Gasteiger partial charge in [0.15, 0.2) is 0 Å². The third-order valence-electron chi connectivity index (χ3n) is 2.71. The van der Waals surface area contributed by atoms with Crippen LogP contribution in [0.3, 0.4) is 0 Å². The minimum Gasteiger partial charge on any atom is -0.373 e. The normalized spacial score (nSPS) is 30.2. The van der Waals surface area contributed by atoms with Crippen LogP contribution in [-0.2, 0) is 14.8 Å². The molecule has 0 aromatic heterocycles. The summed E-state index contributed by atoms with van der Waals surface area (Å²) < 4.78 is 30.2. The maximum Gasteiger partial charge on any atom is 0.208 e. The van der Waals surface area contributed by atoms with E-state index in [-0.39, 0.29) is 18.2 Å². The quantitative estimate of drug-likeness (QED) is 0.765. The number of hydrogen-bond acceptors (Lipinski definition) is 4. The lowest BCUT2D eigenvalue weighted by Gasteiger charge is -2.38. The second-order valence-electron chi connectivity index (χ2n) is 4.68. The second-order valence-corrected chi connectivity index (χ2v) is 6.51. The fourth-order valence-electron chi connectivity index (χ4n) is 1.98. The van der Waals surface area contributed by atoms with E-state index >= 15 is 0 Å². The smallest absolute Gasteiger partial charge is 0.208 e. The Morgan fingerprint density at radius 2 is 1.88 bits per heavy atom. The molecule has 0 aliphatic carbocycles. The molecule has 3 atom stereocenters. The molecule has 1 aliphatic heterocycles. The van der Waals surface area contributed by atoms with Gasteiger partial charge in [-0.2, -0.15) is 0 Å². The summed E-state index contributed by atoms with van der Waals surface area (Å²) in [7, 11) is -3.09. The van der Waals surface area contributed by atoms with Gasteiger partial charge < -0.3 is 4.74 Å². The van der Waals surface area contributed by atoms with Gasteiger partial charge in [-0.1, -0.05) is 0 Å². The monoisotopic (exact) mass is 250 g/mol. The van der Waals surface area contributed by atoms with Crippen molar-refractivity contribution in [1.29, 1.82) is 0 Å². The van der Waals surface area contributed by atoms with Gasteiger partial charge in [-0.25, -0.2) is 13.1 Å². The predicted octanol–water partition coefficient (Wildman–Crippen LogP) is 0.0333. The summed E-state index contributed by atoms with van der Waals surface area (Å²) in [6.45, 7) is 8.29. The fourth-order valence-corrected chi connectivity index (χ4v) is 2.52. The van der Waals surface area contributed by atoms with Gasteiger partial charge in [0.1, 0.15) is 0 Å². The van der Waals surface area contributed by atoms with Crippen molar-refractivity contribution < 1.29 is 13.2 Å². The summed E-state index contributed by atoms with van der Waals surface area (Å²) in [6.07, 6.45) is 1.61. The second kappa shape index (κ2) is 5.44. The van der Waals surface area contributed by atoms with E-state index in [9.17, 15) is 8.42 Å². The summed E-state index contributed by atoms with van der Waals surface area (Å²) in [5.74, 6) is 0. The molecule has 1 N–H and O–H groups in total. The predicted molar refractivity (Wildman–Crippen MR) is 63.9 cm³/mol. The highest BCUT2D eigenvalue weighted by Gasteiger charge is 2.25. The van der Waals surface area contributed by atoms with Crippen LogP contribution in [0.2, 0.25) is 0 Å². The number of ether oxygens (including phenoxy) is 1. The molecule has 0 aromatic carbocycles. The van der Waals surface area contributed by atoms with Crippen LogP contribution in [0.4, 0.5) is 0 Å². The molecule has 1 fully saturated rings. The minimum atomic E-state index is -3.09. The number of hydrogen-bond donors (Lipinski definition) is 1. The van der Waals surface area contributed by atoms with E-state index in [1.807, 2.05) is 20.8 Å². The Kier molecular flexibility index (Phi) is 4.73. The number of morpholine rings is 1. The molecule has 1 saturated heterocycles. The van der Waals surface area contributed by atoms with Gasteiger partial charge in [-0.15, -0.1) is 0 Å². The van der Waals surface area contributed by atoms with Crippen molar-refractivity contribution in [3.8, 4) is 0 Å². The van der Waals surface area contributed by atoms with E-state index in [1.165, 1.54) is 6.26 Å². The molecular formula is C10H22N2O3S. The molecule has 1 heterocycles. The maximum absolute atomic E-state index is 11.0. The molecule has 96 valence electrons. The third-order valence-corrected chi connectivity index (χ3v) is 3.40. The van der Waals surface area contributed by atoms with Gasteiger partial charge in [0.05, 0.1) is 18.5 Å². The zero-order valence-corrected chi connectivity index (χ0v) is 11.3. The average molecular weight is 250 g/mol. The molecule has 16 heavy (non-hydrogen) atoms. The fraction of sp³-hybridized carbons (Fsp3) is 1.00. The molecule has 0 saturated carbocycles. The lowest BCUT2D eigenvalue weighted by atomic mass is 10.2. The van der Waals surface area contributed by atoms with Crippen molar-refractivity contribution in [1.82, 2.24) is 9.62 Å². The topological polar surface area (TPSA) is 58.6 Å². The Morgan fingerprint density at radius 3 is 2.31 bits per heavy atom. The molecule has 0 unspecified atom stereocenters. The molecule has 5 nitrogen and oxygen atoms in total. The molecule has 1 aliphatic rings. The van der Waals surface area contributed by atoms with Crippen LogP contribution in [0.5, 0.6) is 0 Å². The zero-order valence-electron chi connectivity index (χ0n) is 10.4. The van der Waals surface area contributed by atoms with Gasteiger partial charge in [-0.3, -0.25) is 4.90 Å². The Labute approximate surface area is 98.2 Å². The average Bonchev–Trinajstić information content (AvgIpc) is 2.11. The van der Waals surface area contributed by atoms with E-state index in [2.05, 4.69) is 9.62 Å². The summed E-state index contributed by atoms with van der Waals surface area (Å²) in [4.78, 5) is 2.26. The highest BCUT2D eigenvalue weighted by molar-refractivity contribution is 7.88. The third kappa shape index (κ3) is 4.78. The minimum absolute atomic E-state index is 0.198. The van der Waals surface area contributed by atoms with Crippen LogP contribution in [-0.4, -0.2) is 57.5 Å². The van der Waals surface area contributed by atoms with Gasteiger partial charge in [0.25, 0.3) is 0 Å². The van der Waals surface area contributed by atoms with Crippen LogP contribution in [0.25, 0.3) is 0 Å². The molecule has 0 spiro atoms. The number of nitrogens with zero attached hydrogens (tertiary/aromatic N) is 1. The Bertz CT molecular complexity index is 308. The summed E-state index contributed by atoms with van der Waals surface area (Å²) >= 11 is 0. The van der Waals surface area contributed by atoms with Gasteiger partial charge in [0.2, 0.25) is 10.0 Å². The highest BCUT2D eigenvalue weighted by Crippen LogP contribution is 2.13. The van der Waals surface area contributed by atoms with Crippen LogP contribution >= 0.6 is 0 Å². The van der Waals surface area contributed by atoms with Crippen LogP contribution in [0.1, 0.15) is 20.8 Å². The Morgan fingerprint density at radius 1 is 1.38 bits per heavy atom. The Hall–Kier alpha value is -0.170. The number of rotatable bonds is 4. The molecule has 6 heteroatoms. The lowest BCUT2D eigenvalue weighted by molar-refractivity contribution is -0.0776. The van der Waals surface area contributed by atoms with Gasteiger partial charge in [-0.05, 0) is 20.8 Å². The van der Waals surface area contributed by atoms with Crippen LogP contribution < -0.4 is 4.72 Å². The Balaban J connectivity index is 2.44. The first-order chi connectivity index (χ1) is 7.28. The summed E-state index contributed by atoms with van der Waals surface area (Å²) in [5.41, 5.74) is 0. The largest absolute Gasteiger partial charge is 0.373 e. The van der Waals surface area contributed by atoms with E-state index < -0.39 is 10.0 Å². The molecule has 0 radical (unpaired) electrons. The highest BCUT2D eigenvalue weighted by atomic mass is 32.2. The van der Waals surface area contributed by atoms with Crippen molar-refractivity contribution in [2.75, 3.05) is 25.9 Å². The summed E-state index contributed by atoms with van der Waals surface area (Å²) in [5, 5.41) is 0. The standard InChI is InChI=1S/C10H22N2O3S/c1-8(5-11-16(4,13)14)12-6-9(2)15-10(3)7-12/h8-11H,5-7H2,1-4H3/t8-,9+,10+/m0/s1. The number of sulfonamides is 1. The van der Waals surface area contributed by atoms with Crippen LogP contribution in [0, 0.1) is 0 Å². The van der Waals surface area contributed by atoms with E-state index in [4.69, 9.17) is 4.74 Å². The van der Waals surface area contributed by atoms with Gasteiger partial charge in [0, 0.05) is 25.7 Å². The maximum atomic E-state index is 11.0. The first kappa shape index (κ1) is 13.9. The molecular weight excluding hydrogens is 228 g/mol. The van der Waals surface area contributed by atoms with E-state index in [0.29, 0.717) is 6.54 Å². The van der Waals surface area contributed by atoms with Crippen LogP contribution in [0.15, 0.2) is 0 Å². The van der Waals surface area contributed by atoms with Gasteiger partial charge >= 0.3 is 0 Å². The summed E-state index contributed by atoms with van der Waals surface area (Å²) in [6, 6.07) is 0.198. The van der Waals surface area contributed by atoms with Crippen molar-refractivity contribution in [2.45, 2.75) is 39.0 Å². The van der Waals surface area contributed by atoms with Crippen molar-refractivity contribution >= 4 is 10.0 Å². The van der Waals surface area contributed by atoms with Crippen molar-refractivity contribution in [2.24, 2.45) is 0 Å². The number of nitrogens with one attached hydrogen (secondary N) is 1. The molecule has 1 rings (SSSR count). The van der Waals surface area contributed by atoms with Crippen molar-refractivity contribution in [3.63, 3.8) is 0 Å². The molecule has 0 bridgehead atoms. The molecule has 0 aromatic rings. The lowest BCUT2D eigenvalue weighted by Crippen LogP contribution is -2.52. The zero-order chi connectivity index (χ0) is 12.3. The SMILES string of the molecule is C[C@@H]1CN([C@@H](C)CNS(C)(=O)=O)C[C@@H](C)O1. The first-order valence-electron chi connectivity index (χ1n) is 5.62. The van der Waals surface area contributed by atoms with Crippen molar-refractivity contribution in [3.05, 3.63) is 0 Å². The van der Waals surface area contributed by atoms with E-state index in [1.54, 1.807) is 0 Å². The first-order valence-corrected chi connectivity index (χ1v) is 7.51.